The molecular weight excluding hydrogens is 332 g/mol. The van der Waals surface area contributed by atoms with Crippen LogP contribution in [0.2, 0.25) is 5.02 Å². The van der Waals surface area contributed by atoms with Gasteiger partial charge in [-0.2, -0.15) is 0 Å². The van der Waals surface area contributed by atoms with E-state index in [1.807, 2.05) is 0 Å². The van der Waals surface area contributed by atoms with Gasteiger partial charge in [0.05, 0.1) is 25.0 Å². The van der Waals surface area contributed by atoms with Gasteiger partial charge in [0.15, 0.2) is 0 Å². The maximum atomic E-state index is 12.6. The lowest BCUT2D eigenvalue weighted by molar-refractivity contribution is 0.0519. The second kappa shape index (κ2) is 7.40. The van der Waals surface area contributed by atoms with Crippen LogP contribution >= 0.6 is 11.6 Å². The van der Waals surface area contributed by atoms with E-state index in [1.54, 1.807) is 39.0 Å². The zero-order valence-corrected chi connectivity index (χ0v) is 14.7. The summed E-state index contributed by atoms with van der Waals surface area (Å²) in [4.78, 5) is 27.5. The summed E-state index contributed by atoms with van der Waals surface area (Å²) < 4.78 is 10.2. The van der Waals surface area contributed by atoms with Gasteiger partial charge in [-0.15, -0.1) is 0 Å². The van der Waals surface area contributed by atoms with Crippen LogP contribution in [0.4, 0.5) is 5.69 Å². The van der Waals surface area contributed by atoms with Crippen molar-refractivity contribution in [3.05, 3.63) is 45.7 Å². The van der Waals surface area contributed by atoms with Gasteiger partial charge in [0.25, 0.3) is 5.91 Å². The second-order valence-corrected chi connectivity index (χ2v) is 5.58. The molecule has 6 nitrogen and oxygen atoms in total. The van der Waals surface area contributed by atoms with Crippen LogP contribution in [-0.2, 0) is 4.74 Å². The fraction of sp³-hybridized carbons (Fsp3) is 0.294. The number of hydrogen-bond donors (Lipinski definition) is 2. The maximum absolute atomic E-state index is 12.6. The van der Waals surface area contributed by atoms with Crippen LogP contribution < -0.4 is 10.1 Å². The lowest BCUT2D eigenvalue weighted by Crippen LogP contribution is -2.15. The molecule has 7 heteroatoms. The number of methoxy groups -OCH3 is 1. The fourth-order valence-corrected chi connectivity index (χ4v) is 2.63. The van der Waals surface area contributed by atoms with Crippen molar-refractivity contribution in [1.82, 2.24) is 4.98 Å². The lowest BCUT2D eigenvalue weighted by atomic mass is 10.1. The second-order valence-electron chi connectivity index (χ2n) is 5.14. The van der Waals surface area contributed by atoms with Gasteiger partial charge in [0, 0.05) is 10.7 Å². The molecule has 2 N–H and O–H groups in total. The van der Waals surface area contributed by atoms with E-state index in [0.717, 1.165) is 0 Å². The van der Waals surface area contributed by atoms with Crippen molar-refractivity contribution >= 4 is 29.2 Å². The number of aromatic nitrogens is 1. The lowest BCUT2D eigenvalue weighted by Gasteiger charge is -2.11. The molecule has 24 heavy (non-hydrogen) atoms. The summed E-state index contributed by atoms with van der Waals surface area (Å²) in [5, 5.41) is 3.24. The van der Waals surface area contributed by atoms with Crippen molar-refractivity contribution in [2.75, 3.05) is 19.0 Å². The number of benzene rings is 1. The Bertz CT molecular complexity index is 783. The van der Waals surface area contributed by atoms with Crippen LogP contribution in [0.1, 0.15) is 39.0 Å². The molecule has 0 atom stereocenters. The van der Waals surface area contributed by atoms with Crippen molar-refractivity contribution in [2.24, 2.45) is 0 Å². The van der Waals surface area contributed by atoms with Gasteiger partial charge in [-0.1, -0.05) is 11.6 Å². The monoisotopic (exact) mass is 350 g/mol. The van der Waals surface area contributed by atoms with E-state index in [-0.39, 0.29) is 18.2 Å². The molecule has 1 aromatic heterocycles. The average Bonchev–Trinajstić information content (AvgIpc) is 2.82. The van der Waals surface area contributed by atoms with Gasteiger partial charge in [-0.3, -0.25) is 4.79 Å². The molecule has 0 bridgehead atoms. The van der Waals surface area contributed by atoms with Crippen molar-refractivity contribution in [3.63, 3.8) is 0 Å². The van der Waals surface area contributed by atoms with Gasteiger partial charge >= 0.3 is 5.97 Å². The predicted octanol–water partition coefficient (Wildman–Crippen LogP) is 3.72. The molecule has 1 heterocycles. The summed E-state index contributed by atoms with van der Waals surface area (Å²) >= 11 is 5.97. The maximum Gasteiger partial charge on any atom is 0.355 e. The summed E-state index contributed by atoms with van der Waals surface area (Å²) in [6.07, 6.45) is 0. The minimum atomic E-state index is -0.488. The normalized spacial score (nSPS) is 10.4. The first-order valence-electron chi connectivity index (χ1n) is 7.40. The first kappa shape index (κ1) is 17.9. The van der Waals surface area contributed by atoms with Gasteiger partial charge < -0.3 is 19.8 Å². The summed E-state index contributed by atoms with van der Waals surface area (Å²) in [6, 6.07) is 4.93. The highest BCUT2D eigenvalue weighted by molar-refractivity contribution is 6.31. The largest absolute Gasteiger partial charge is 0.495 e. The number of rotatable bonds is 5. The van der Waals surface area contributed by atoms with Gasteiger partial charge in [0.2, 0.25) is 0 Å². The molecule has 128 valence electrons. The molecular formula is C17H19ClN2O4. The number of esters is 1. The number of aryl methyl sites for hydroxylation is 1. The number of hydrogen-bond acceptors (Lipinski definition) is 4. The first-order chi connectivity index (χ1) is 11.4. The molecule has 2 aromatic rings. The van der Waals surface area contributed by atoms with E-state index in [1.165, 1.54) is 7.11 Å². The third-order valence-corrected chi connectivity index (χ3v) is 3.79. The Morgan fingerprint density at radius 2 is 2.00 bits per heavy atom. The third kappa shape index (κ3) is 3.54. The van der Waals surface area contributed by atoms with Gasteiger partial charge in [0.1, 0.15) is 11.4 Å². The summed E-state index contributed by atoms with van der Waals surface area (Å²) in [7, 11) is 1.50. The van der Waals surface area contributed by atoms with Crippen LogP contribution in [0.15, 0.2) is 18.2 Å². The van der Waals surface area contributed by atoms with E-state index in [0.29, 0.717) is 33.3 Å². The molecule has 0 aliphatic carbocycles. The molecule has 0 fully saturated rings. The summed E-state index contributed by atoms with van der Waals surface area (Å²) in [5.74, 6) is -0.362. The Morgan fingerprint density at radius 3 is 2.62 bits per heavy atom. The van der Waals surface area contributed by atoms with Crippen molar-refractivity contribution in [1.29, 1.82) is 0 Å². The first-order valence-corrected chi connectivity index (χ1v) is 7.78. The summed E-state index contributed by atoms with van der Waals surface area (Å²) in [5.41, 5.74) is 2.23. The van der Waals surface area contributed by atoms with Crippen LogP contribution in [0.25, 0.3) is 0 Å². The van der Waals surface area contributed by atoms with Crippen LogP contribution in [-0.4, -0.2) is 30.6 Å². The van der Waals surface area contributed by atoms with Gasteiger partial charge in [-0.05, 0) is 44.5 Å². The number of carbonyl (C=O) groups is 2. The number of carbonyl (C=O) groups excluding carboxylic acids is 2. The molecule has 0 saturated heterocycles. The van der Waals surface area contributed by atoms with Crippen molar-refractivity contribution < 1.29 is 19.1 Å². The SMILES string of the molecule is CCOC(=O)c1[nH]c(C)c(C(=O)Nc2cc(Cl)ccc2OC)c1C. The van der Waals surface area contributed by atoms with Crippen molar-refractivity contribution in [3.8, 4) is 5.75 Å². The highest BCUT2D eigenvalue weighted by Crippen LogP contribution is 2.29. The third-order valence-electron chi connectivity index (χ3n) is 3.55. The highest BCUT2D eigenvalue weighted by Gasteiger charge is 2.23. The number of anilines is 1. The Morgan fingerprint density at radius 1 is 1.29 bits per heavy atom. The number of H-pyrrole nitrogens is 1. The van der Waals surface area contributed by atoms with E-state index >= 15 is 0 Å². The van der Waals surface area contributed by atoms with E-state index < -0.39 is 5.97 Å². The van der Waals surface area contributed by atoms with E-state index in [9.17, 15) is 9.59 Å². The molecule has 0 unspecified atom stereocenters. The molecule has 0 aliphatic heterocycles. The number of aromatic amines is 1. The topological polar surface area (TPSA) is 80.4 Å². The molecule has 0 radical (unpaired) electrons. The zero-order valence-electron chi connectivity index (χ0n) is 14.0. The number of nitrogens with one attached hydrogen (secondary N) is 2. The number of halogens is 1. The Balaban J connectivity index is 2.34. The van der Waals surface area contributed by atoms with Gasteiger partial charge in [-0.25, -0.2) is 4.79 Å². The smallest absolute Gasteiger partial charge is 0.355 e. The molecule has 0 aliphatic rings. The Labute approximate surface area is 145 Å². The molecule has 1 amide bonds. The Kier molecular flexibility index (Phi) is 5.51. The summed E-state index contributed by atoms with van der Waals surface area (Å²) in [6.45, 7) is 5.40. The van der Waals surface area contributed by atoms with E-state index in [2.05, 4.69) is 10.3 Å². The highest BCUT2D eigenvalue weighted by atomic mass is 35.5. The number of ether oxygens (including phenoxy) is 2. The molecule has 0 saturated carbocycles. The number of amides is 1. The minimum Gasteiger partial charge on any atom is -0.495 e. The van der Waals surface area contributed by atoms with Crippen molar-refractivity contribution in [2.45, 2.75) is 20.8 Å². The van der Waals surface area contributed by atoms with E-state index in [4.69, 9.17) is 21.1 Å². The minimum absolute atomic E-state index is 0.261. The molecule has 0 spiro atoms. The predicted molar refractivity (Wildman–Crippen MR) is 92.2 cm³/mol. The zero-order chi connectivity index (χ0) is 17.9. The quantitative estimate of drug-likeness (QED) is 0.805. The average molecular weight is 351 g/mol. The molecule has 1 aromatic carbocycles. The standard InChI is InChI=1S/C17H19ClN2O4/c1-5-24-17(22)15-9(2)14(10(3)19-15)16(21)20-12-8-11(18)6-7-13(12)23-4/h6-8,19H,5H2,1-4H3,(H,20,21). The fourth-order valence-electron chi connectivity index (χ4n) is 2.46. The molecule has 2 rings (SSSR count). The van der Waals surface area contributed by atoms with Crippen LogP contribution in [0.3, 0.4) is 0 Å². The van der Waals surface area contributed by atoms with Crippen LogP contribution in [0, 0.1) is 13.8 Å². The Hall–Kier alpha value is -2.47. The van der Waals surface area contributed by atoms with Crippen LogP contribution in [0.5, 0.6) is 5.75 Å².